The van der Waals surface area contributed by atoms with Crippen LogP contribution in [0, 0.1) is 11.8 Å². The fraction of sp³-hybridized carbons (Fsp3) is 0.600. The fourth-order valence-corrected chi connectivity index (χ4v) is 3.28. The molecule has 1 aromatic rings. The summed E-state index contributed by atoms with van der Waals surface area (Å²) in [6.07, 6.45) is 6.69. The van der Waals surface area contributed by atoms with Crippen molar-refractivity contribution in [2.45, 2.75) is 39.0 Å². The molecule has 0 radical (unpaired) electrons. The van der Waals surface area contributed by atoms with E-state index in [0.717, 1.165) is 24.1 Å². The van der Waals surface area contributed by atoms with E-state index >= 15 is 0 Å². The Morgan fingerprint density at radius 3 is 2.74 bits per heavy atom. The van der Waals surface area contributed by atoms with Crippen molar-refractivity contribution in [3.8, 4) is 0 Å². The highest BCUT2D eigenvalue weighted by molar-refractivity contribution is 6.42. The summed E-state index contributed by atoms with van der Waals surface area (Å²) >= 11 is 11.9. The van der Waals surface area contributed by atoms with E-state index in [1.54, 1.807) is 6.07 Å². The fourth-order valence-electron chi connectivity index (χ4n) is 2.95. The first-order chi connectivity index (χ1) is 9.06. The minimum Gasteiger partial charge on any atom is -0.397 e. The standard InChI is InChI=1S/C15H22Cl2N2/c1-10-3-2-4-11(7-10)5-6-19-15-9-13(17)12(16)8-14(15)18/h8-11,19H,2-7,18H2,1H3. The molecule has 2 nitrogen and oxygen atoms in total. The SMILES string of the molecule is CC1CCCC(CCNc2cc(Cl)c(Cl)cc2N)C1. The average molecular weight is 301 g/mol. The second-order valence-corrected chi connectivity index (χ2v) is 6.52. The first kappa shape index (κ1) is 14.8. The van der Waals surface area contributed by atoms with Crippen molar-refractivity contribution >= 4 is 34.6 Å². The van der Waals surface area contributed by atoms with E-state index in [1.807, 2.05) is 6.07 Å². The number of halogens is 2. The van der Waals surface area contributed by atoms with E-state index in [9.17, 15) is 0 Å². The minimum absolute atomic E-state index is 0.505. The molecule has 106 valence electrons. The number of nitrogen functional groups attached to an aromatic ring is 1. The Kier molecular flexibility index (Phi) is 5.23. The van der Waals surface area contributed by atoms with Crippen LogP contribution < -0.4 is 11.1 Å². The molecular formula is C15H22Cl2N2. The predicted molar refractivity (Wildman–Crippen MR) is 85.1 cm³/mol. The molecule has 0 spiro atoms. The molecular weight excluding hydrogens is 279 g/mol. The van der Waals surface area contributed by atoms with Gasteiger partial charge in [0.1, 0.15) is 0 Å². The van der Waals surface area contributed by atoms with Gasteiger partial charge in [-0.05, 0) is 36.8 Å². The molecule has 2 atom stereocenters. The highest BCUT2D eigenvalue weighted by Crippen LogP contribution is 2.32. The number of anilines is 2. The summed E-state index contributed by atoms with van der Waals surface area (Å²) in [4.78, 5) is 0. The van der Waals surface area contributed by atoms with Crippen molar-refractivity contribution in [1.82, 2.24) is 0 Å². The molecule has 3 N–H and O–H groups in total. The Hall–Kier alpha value is -0.600. The molecule has 1 aromatic carbocycles. The van der Waals surface area contributed by atoms with Gasteiger partial charge in [0.25, 0.3) is 0 Å². The molecule has 0 amide bonds. The topological polar surface area (TPSA) is 38.0 Å². The lowest BCUT2D eigenvalue weighted by atomic mass is 9.81. The second kappa shape index (κ2) is 6.71. The first-order valence-electron chi connectivity index (χ1n) is 7.04. The van der Waals surface area contributed by atoms with E-state index < -0.39 is 0 Å². The molecule has 0 bridgehead atoms. The number of nitrogens with two attached hydrogens (primary N) is 1. The number of hydrogen-bond donors (Lipinski definition) is 2. The zero-order chi connectivity index (χ0) is 13.8. The molecule has 1 fully saturated rings. The maximum Gasteiger partial charge on any atom is 0.0614 e. The lowest BCUT2D eigenvalue weighted by Crippen LogP contribution is -2.16. The van der Waals surface area contributed by atoms with Crippen LogP contribution in [0.25, 0.3) is 0 Å². The summed E-state index contributed by atoms with van der Waals surface area (Å²) < 4.78 is 0. The van der Waals surface area contributed by atoms with Crippen molar-refractivity contribution in [2.24, 2.45) is 11.8 Å². The number of rotatable bonds is 4. The van der Waals surface area contributed by atoms with E-state index in [-0.39, 0.29) is 0 Å². The normalized spacial score (nSPS) is 23.3. The van der Waals surface area contributed by atoms with Gasteiger partial charge in [0.05, 0.1) is 21.4 Å². The highest BCUT2D eigenvalue weighted by Gasteiger charge is 2.18. The summed E-state index contributed by atoms with van der Waals surface area (Å²) in [5.41, 5.74) is 7.47. The van der Waals surface area contributed by atoms with Gasteiger partial charge >= 0.3 is 0 Å². The smallest absolute Gasteiger partial charge is 0.0614 e. The lowest BCUT2D eigenvalue weighted by molar-refractivity contribution is 0.274. The van der Waals surface area contributed by atoms with Crippen LogP contribution in [0.2, 0.25) is 10.0 Å². The summed E-state index contributed by atoms with van der Waals surface area (Å²) in [6, 6.07) is 3.51. The molecule has 0 heterocycles. The molecule has 0 aliphatic heterocycles. The molecule has 1 aliphatic carbocycles. The van der Waals surface area contributed by atoms with E-state index in [0.29, 0.717) is 15.7 Å². The Morgan fingerprint density at radius 1 is 1.26 bits per heavy atom. The molecule has 19 heavy (non-hydrogen) atoms. The maximum absolute atomic E-state index is 6.01. The van der Waals surface area contributed by atoms with Gasteiger partial charge in [-0.1, -0.05) is 49.4 Å². The van der Waals surface area contributed by atoms with Crippen LogP contribution in [-0.4, -0.2) is 6.54 Å². The molecule has 2 rings (SSSR count). The lowest BCUT2D eigenvalue weighted by Gasteiger charge is -2.26. The van der Waals surface area contributed by atoms with Crippen LogP contribution in [0.1, 0.15) is 39.0 Å². The first-order valence-corrected chi connectivity index (χ1v) is 7.80. The Morgan fingerprint density at radius 2 is 2.00 bits per heavy atom. The van der Waals surface area contributed by atoms with E-state index in [2.05, 4.69) is 12.2 Å². The van der Waals surface area contributed by atoms with Crippen molar-refractivity contribution in [3.63, 3.8) is 0 Å². The molecule has 0 aromatic heterocycles. The number of nitrogens with one attached hydrogen (secondary N) is 1. The van der Waals surface area contributed by atoms with E-state index in [1.165, 1.54) is 32.1 Å². The van der Waals surface area contributed by atoms with Gasteiger partial charge in [-0.25, -0.2) is 0 Å². The van der Waals surface area contributed by atoms with Crippen LogP contribution in [0.15, 0.2) is 12.1 Å². The van der Waals surface area contributed by atoms with Gasteiger partial charge in [-0.2, -0.15) is 0 Å². The summed E-state index contributed by atoms with van der Waals surface area (Å²) in [5.74, 6) is 1.73. The molecule has 2 unspecified atom stereocenters. The van der Waals surface area contributed by atoms with Crippen LogP contribution in [0.3, 0.4) is 0 Å². The minimum atomic E-state index is 0.505. The summed E-state index contributed by atoms with van der Waals surface area (Å²) in [5, 5.41) is 4.43. The van der Waals surface area contributed by atoms with Crippen molar-refractivity contribution < 1.29 is 0 Å². The van der Waals surface area contributed by atoms with Gasteiger partial charge in [-0.3, -0.25) is 0 Å². The van der Waals surface area contributed by atoms with Gasteiger partial charge in [0.15, 0.2) is 0 Å². The Labute approximate surface area is 125 Å². The van der Waals surface area contributed by atoms with E-state index in [4.69, 9.17) is 28.9 Å². The van der Waals surface area contributed by atoms with Crippen LogP contribution >= 0.6 is 23.2 Å². The number of benzene rings is 1. The van der Waals surface area contributed by atoms with Crippen LogP contribution in [0.4, 0.5) is 11.4 Å². The van der Waals surface area contributed by atoms with Crippen molar-refractivity contribution in [2.75, 3.05) is 17.6 Å². The second-order valence-electron chi connectivity index (χ2n) is 5.71. The third-order valence-corrected chi connectivity index (χ3v) is 4.73. The summed E-state index contributed by atoms with van der Waals surface area (Å²) in [7, 11) is 0. The summed E-state index contributed by atoms with van der Waals surface area (Å²) in [6.45, 7) is 3.30. The number of hydrogen-bond acceptors (Lipinski definition) is 2. The van der Waals surface area contributed by atoms with Crippen LogP contribution in [-0.2, 0) is 0 Å². The van der Waals surface area contributed by atoms with Gasteiger partial charge in [0, 0.05) is 6.54 Å². The predicted octanol–water partition coefficient (Wildman–Crippen LogP) is 5.20. The molecule has 4 heteroatoms. The quantitative estimate of drug-likeness (QED) is 0.750. The third-order valence-electron chi connectivity index (χ3n) is 4.01. The Bertz CT molecular complexity index is 434. The largest absolute Gasteiger partial charge is 0.397 e. The van der Waals surface area contributed by atoms with Gasteiger partial charge in [-0.15, -0.1) is 0 Å². The van der Waals surface area contributed by atoms with Crippen LogP contribution in [0.5, 0.6) is 0 Å². The molecule has 0 saturated heterocycles. The van der Waals surface area contributed by atoms with Gasteiger partial charge < -0.3 is 11.1 Å². The highest BCUT2D eigenvalue weighted by atomic mass is 35.5. The monoisotopic (exact) mass is 300 g/mol. The third kappa shape index (κ3) is 4.19. The molecule has 1 saturated carbocycles. The Balaban J connectivity index is 1.84. The zero-order valence-electron chi connectivity index (χ0n) is 11.4. The molecule has 1 aliphatic rings. The average Bonchev–Trinajstić information content (AvgIpc) is 2.35. The van der Waals surface area contributed by atoms with Crippen molar-refractivity contribution in [1.29, 1.82) is 0 Å². The maximum atomic E-state index is 6.01. The van der Waals surface area contributed by atoms with Crippen molar-refractivity contribution in [3.05, 3.63) is 22.2 Å². The van der Waals surface area contributed by atoms with Gasteiger partial charge in [0.2, 0.25) is 0 Å². The zero-order valence-corrected chi connectivity index (χ0v) is 12.9.